The highest BCUT2D eigenvalue weighted by atomic mass is 35.5. The van der Waals surface area contributed by atoms with Crippen molar-refractivity contribution in [3.63, 3.8) is 0 Å². The first-order valence-corrected chi connectivity index (χ1v) is 11.8. The van der Waals surface area contributed by atoms with Crippen LogP contribution in [0.2, 0.25) is 5.02 Å². The van der Waals surface area contributed by atoms with E-state index in [9.17, 15) is 14.0 Å². The lowest BCUT2D eigenvalue weighted by atomic mass is 9.88. The number of hydrogen-bond donors (Lipinski definition) is 2. The van der Waals surface area contributed by atoms with E-state index in [1.54, 1.807) is 24.3 Å². The topological polar surface area (TPSA) is 75.4 Å². The molecule has 3 rings (SSSR count). The molecule has 0 bridgehead atoms. The van der Waals surface area contributed by atoms with Crippen LogP contribution in [0.5, 0.6) is 0 Å². The van der Waals surface area contributed by atoms with Crippen molar-refractivity contribution >= 4 is 29.1 Å². The molecule has 0 atom stereocenters. The fraction of sp³-hybridized carbons (Fsp3) is 0.462. The summed E-state index contributed by atoms with van der Waals surface area (Å²) in [5.41, 5.74) is 7.48. The molecule has 1 saturated carbocycles. The van der Waals surface area contributed by atoms with Crippen LogP contribution >= 0.6 is 11.6 Å². The van der Waals surface area contributed by atoms with Crippen molar-refractivity contribution in [3.05, 3.63) is 64.4 Å². The van der Waals surface area contributed by atoms with Gasteiger partial charge in [0.15, 0.2) is 0 Å². The van der Waals surface area contributed by atoms with E-state index in [0.29, 0.717) is 23.7 Å². The normalized spacial score (nSPS) is 18.6. The Morgan fingerprint density at radius 1 is 1.12 bits per heavy atom. The maximum atomic E-state index is 13.5. The zero-order chi connectivity index (χ0) is 24.2. The first kappa shape index (κ1) is 25.2. The van der Waals surface area contributed by atoms with Crippen LogP contribution in [0.25, 0.3) is 0 Å². The molecule has 0 radical (unpaired) electrons. The van der Waals surface area contributed by atoms with Crippen molar-refractivity contribution in [3.8, 4) is 0 Å². The monoisotopic (exact) mass is 473 g/mol. The summed E-state index contributed by atoms with van der Waals surface area (Å²) in [5, 5.41) is 3.32. The standard InChI is InChI=1S/C26H33ClFN3O2/c1-26(2,3)15-24(32)31(22-10-7-20(29)8-11-22)16-18-14-21(9-12-23(18)27)30-25(33)17-5-4-6-19(28)13-17/h4-6,9,12-14,20,22H,7-8,10-11,15-16,29H2,1-3H3,(H,30,33). The summed E-state index contributed by atoms with van der Waals surface area (Å²) < 4.78 is 13.5. The molecule has 2 aromatic rings. The SMILES string of the molecule is CC(C)(C)CC(=O)N(Cc1cc(NC(=O)c2cccc(F)c2)ccc1Cl)C1CCC(N)CC1. The van der Waals surface area contributed by atoms with E-state index in [1.165, 1.54) is 18.2 Å². The van der Waals surface area contributed by atoms with Gasteiger partial charge in [0.25, 0.3) is 5.91 Å². The van der Waals surface area contributed by atoms with Crippen LogP contribution in [0, 0.1) is 11.2 Å². The van der Waals surface area contributed by atoms with Gasteiger partial charge in [0.05, 0.1) is 0 Å². The third-order valence-corrected chi connectivity index (χ3v) is 6.28. The highest BCUT2D eigenvalue weighted by Crippen LogP contribution is 2.30. The van der Waals surface area contributed by atoms with Crippen LogP contribution in [-0.4, -0.2) is 28.8 Å². The molecule has 1 aliphatic rings. The fourth-order valence-corrected chi connectivity index (χ4v) is 4.36. The lowest BCUT2D eigenvalue weighted by Gasteiger charge is -2.37. The Labute approximate surface area is 200 Å². The van der Waals surface area contributed by atoms with Gasteiger partial charge in [-0.1, -0.05) is 38.4 Å². The van der Waals surface area contributed by atoms with Crippen molar-refractivity contribution in [1.82, 2.24) is 4.90 Å². The molecule has 3 N–H and O–H groups in total. The van der Waals surface area contributed by atoms with Gasteiger partial charge in [-0.15, -0.1) is 0 Å². The van der Waals surface area contributed by atoms with Gasteiger partial charge in [-0.25, -0.2) is 4.39 Å². The lowest BCUT2D eigenvalue weighted by Crippen LogP contribution is -2.44. The van der Waals surface area contributed by atoms with Crippen LogP contribution in [0.4, 0.5) is 10.1 Å². The maximum Gasteiger partial charge on any atom is 0.255 e. The van der Waals surface area contributed by atoms with E-state index >= 15 is 0 Å². The quantitative estimate of drug-likeness (QED) is 0.559. The zero-order valence-corrected chi connectivity index (χ0v) is 20.3. The summed E-state index contributed by atoms with van der Waals surface area (Å²) in [7, 11) is 0. The maximum absolute atomic E-state index is 13.5. The highest BCUT2D eigenvalue weighted by Gasteiger charge is 2.30. The molecule has 0 heterocycles. The molecule has 1 fully saturated rings. The number of anilines is 1. The van der Waals surface area contributed by atoms with Crippen LogP contribution in [0.15, 0.2) is 42.5 Å². The average molecular weight is 474 g/mol. The summed E-state index contributed by atoms with van der Waals surface area (Å²) in [6.07, 6.45) is 3.95. The van der Waals surface area contributed by atoms with Gasteiger partial charge >= 0.3 is 0 Å². The van der Waals surface area contributed by atoms with Crippen molar-refractivity contribution < 1.29 is 14.0 Å². The van der Waals surface area contributed by atoms with E-state index in [2.05, 4.69) is 26.1 Å². The lowest BCUT2D eigenvalue weighted by molar-refractivity contribution is -0.137. The smallest absolute Gasteiger partial charge is 0.255 e. The molecule has 0 saturated heterocycles. The minimum Gasteiger partial charge on any atom is -0.335 e. The van der Waals surface area contributed by atoms with Crippen LogP contribution in [-0.2, 0) is 11.3 Å². The third-order valence-electron chi connectivity index (χ3n) is 5.92. The van der Waals surface area contributed by atoms with E-state index in [-0.39, 0.29) is 29.0 Å². The molecule has 0 aliphatic heterocycles. The number of hydrogen-bond acceptors (Lipinski definition) is 3. The van der Waals surface area contributed by atoms with Gasteiger partial charge in [0.2, 0.25) is 5.91 Å². The molecule has 7 heteroatoms. The Balaban J connectivity index is 1.81. The van der Waals surface area contributed by atoms with E-state index < -0.39 is 11.7 Å². The molecule has 0 aromatic heterocycles. The molecule has 33 heavy (non-hydrogen) atoms. The van der Waals surface area contributed by atoms with Gasteiger partial charge in [-0.2, -0.15) is 0 Å². The number of carbonyl (C=O) groups is 2. The zero-order valence-electron chi connectivity index (χ0n) is 19.5. The predicted octanol–water partition coefficient (Wildman–Crippen LogP) is 5.77. The number of halogens is 2. The second-order valence-corrected chi connectivity index (χ2v) is 10.5. The van der Waals surface area contributed by atoms with Gasteiger partial charge in [0.1, 0.15) is 5.82 Å². The number of nitrogens with two attached hydrogens (primary N) is 1. The summed E-state index contributed by atoms with van der Waals surface area (Å²) in [5.74, 6) is -0.794. The van der Waals surface area contributed by atoms with E-state index in [4.69, 9.17) is 17.3 Å². The molecule has 2 amide bonds. The van der Waals surface area contributed by atoms with Gasteiger partial charge < -0.3 is 16.0 Å². The van der Waals surface area contributed by atoms with Gasteiger partial charge in [-0.05, 0) is 73.1 Å². The third kappa shape index (κ3) is 7.27. The molecule has 1 aliphatic carbocycles. The Kier molecular flexibility index (Phi) is 8.14. The number of rotatable bonds is 6. The minimum absolute atomic E-state index is 0.0910. The fourth-order valence-electron chi connectivity index (χ4n) is 4.18. The Bertz CT molecular complexity index is 997. The molecule has 0 unspecified atom stereocenters. The van der Waals surface area contributed by atoms with Crippen molar-refractivity contribution in [2.75, 3.05) is 5.32 Å². The Morgan fingerprint density at radius 2 is 1.82 bits per heavy atom. The highest BCUT2D eigenvalue weighted by molar-refractivity contribution is 6.31. The number of benzene rings is 2. The number of nitrogens with zero attached hydrogens (tertiary/aromatic N) is 1. The average Bonchev–Trinajstić information content (AvgIpc) is 2.73. The number of amides is 2. The second kappa shape index (κ2) is 10.7. The van der Waals surface area contributed by atoms with Gasteiger partial charge in [0, 0.05) is 41.3 Å². The molecule has 2 aromatic carbocycles. The predicted molar refractivity (Wildman–Crippen MR) is 131 cm³/mol. The molecular formula is C26H33ClFN3O2. The number of nitrogens with one attached hydrogen (secondary N) is 1. The summed E-state index contributed by atoms with van der Waals surface area (Å²) in [6.45, 7) is 6.51. The number of carbonyl (C=O) groups excluding carboxylic acids is 2. The summed E-state index contributed by atoms with van der Waals surface area (Å²) in [6, 6.07) is 11.0. The largest absolute Gasteiger partial charge is 0.335 e. The molecule has 0 spiro atoms. The Hall–Kier alpha value is -2.44. The molecular weight excluding hydrogens is 441 g/mol. The van der Waals surface area contributed by atoms with Crippen LogP contribution in [0.1, 0.15) is 68.8 Å². The minimum atomic E-state index is -0.473. The van der Waals surface area contributed by atoms with Crippen molar-refractivity contribution in [1.29, 1.82) is 0 Å². The first-order valence-electron chi connectivity index (χ1n) is 11.4. The molecule has 178 valence electrons. The molecule has 5 nitrogen and oxygen atoms in total. The second-order valence-electron chi connectivity index (χ2n) is 10.1. The Morgan fingerprint density at radius 3 is 2.45 bits per heavy atom. The summed E-state index contributed by atoms with van der Waals surface area (Å²) in [4.78, 5) is 27.7. The van der Waals surface area contributed by atoms with Crippen LogP contribution in [0.3, 0.4) is 0 Å². The summed E-state index contributed by atoms with van der Waals surface area (Å²) >= 11 is 6.49. The van der Waals surface area contributed by atoms with E-state index in [0.717, 1.165) is 31.2 Å². The van der Waals surface area contributed by atoms with Gasteiger partial charge in [-0.3, -0.25) is 9.59 Å². The van der Waals surface area contributed by atoms with Crippen molar-refractivity contribution in [2.24, 2.45) is 11.1 Å². The van der Waals surface area contributed by atoms with Crippen LogP contribution < -0.4 is 11.1 Å². The van der Waals surface area contributed by atoms with Crippen molar-refractivity contribution in [2.45, 2.75) is 71.5 Å². The van der Waals surface area contributed by atoms with E-state index in [1.807, 2.05) is 4.90 Å². The first-order chi connectivity index (χ1) is 15.5.